The van der Waals surface area contributed by atoms with Crippen molar-refractivity contribution in [3.8, 4) is 0 Å². The molecule has 91 valence electrons. The lowest BCUT2D eigenvalue weighted by Crippen LogP contribution is -2.15. The molecule has 0 bridgehead atoms. The molecule has 0 aromatic carbocycles. The highest BCUT2D eigenvalue weighted by atomic mass is 16.6. The topological polar surface area (TPSA) is 29.1 Å². The third-order valence-electron chi connectivity index (χ3n) is 2.40. The fraction of sp³-hybridized carbons (Fsp3) is 1.00. The van der Waals surface area contributed by atoms with Crippen LogP contribution in [-0.2, 0) is 9.84 Å². The van der Waals surface area contributed by atoms with Gasteiger partial charge < -0.3 is 4.74 Å². The van der Waals surface area contributed by atoms with Gasteiger partial charge in [-0.25, -0.2) is 5.11 Å². The monoisotopic (exact) mass is 215 g/mol. The Hall–Kier alpha value is -0.0800. The molecule has 0 aliphatic carbocycles. The van der Waals surface area contributed by atoms with Crippen LogP contribution in [0, 0.1) is 11.3 Å². The predicted octanol–water partition coefficient (Wildman–Crippen LogP) is 4.02. The Labute approximate surface area is 95.0 Å². The molecule has 0 aromatic rings. The Morgan fingerprint density at radius 2 is 1.80 bits per heavy atom. The molecule has 1 radical (unpaired) electrons. The third kappa shape index (κ3) is 10.2. The van der Waals surface area contributed by atoms with Gasteiger partial charge in [0.15, 0.2) is 6.29 Å². The van der Waals surface area contributed by atoms with Crippen LogP contribution in [0.1, 0.15) is 60.3 Å². The Morgan fingerprint density at radius 3 is 2.27 bits per heavy atom. The Kier molecular flexibility index (Phi) is 7.20. The van der Waals surface area contributed by atoms with E-state index in [1.54, 1.807) is 0 Å². The minimum atomic E-state index is -0.808. The van der Waals surface area contributed by atoms with Gasteiger partial charge in [0.1, 0.15) is 0 Å². The molecule has 0 aliphatic rings. The van der Waals surface area contributed by atoms with Gasteiger partial charge >= 0.3 is 0 Å². The maximum atomic E-state index is 11.2. The standard InChI is InChI=1S/C13H27O2/c1-6-7-12(14)15-9-8-11(2)10-13(3,4)5/h11-12H,6-10H2,1-5H3. The molecule has 0 rings (SSSR count). The van der Waals surface area contributed by atoms with Crippen LogP contribution in [-0.4, -0.2) is 12.9 Å². The van der Waals surface area contributed by atoms with Crippen LogP contribution in [0.25, 0.3) is 0 Å². The molecule has 0 aromatic heterocycles. The maximum Gasteiger partial charge on any atom is 0.191 e. The van der Waals surface area contributed by atoms with Crippen LogP contribution in [0.4, 0.5) is 0 Å². The molecular formula is C13H27O2. The largest absolute Gasteiger partial charge is 0.350 e. The number of hydrogen-bond donors (Lipinski definition) is 0. The van der Waals surface area contributed by atoms with E-state index >= 15 is 0 Å². The molecule has 0 fully saturated rings. The molecule has 0 heterocycles. The van der Waals surface area contributed by atoms with E-state index in [9.17, 15) is 5.11 Å². The van der Waals surface area contributed by atoms with Gasteiger partial charge in [-0.2, -0.15) is 0 Å². The summed E-state index contributed by atoms with van der Waals surface area (Å²) in [5, 5.41) is 11.2. The van der Waals surface area contributed by atoms with Crippen LogP contribution < -0.4 is 0 Å². The zero-order valence-corrected chi connectivity index (χ0v) is 11.0. The molecule has 0 amide bonds. The first-order chi connectivity index (χ1) is 6.85. The summed E-state index contributed by atoms with van der Waals surface area (Å²) in [4.78, 5) is 0. The summed E-state index contributed by atoms with van der Waals surface area (Å²) >= 11 is 0. The fourth-order valence-electron chi connectivity index (χ4n) is 1.87. The van der Waals surface area contributed by atoms with Gasteiger partial charge in [-0.1, -0.05) is 41.0 Å². The van der Waals surface area contributed by atoms with Crippen molar-refractivity contribution in [3.05, 3.63) is 0 Å². The second-order valence-corrected chi connectivity index (χ2v) is 5.75. The average molecular weight is 215 g/mol. The molecule has 0 aliphatic heterocycles. The van der Waals surface area contributed by atoms with Crippen LogP contribution in [0.2, 0.25) is 0 Å². The van der Waals surface area contributed by atoms with Crippen molar-refractivity contribution in [1.29, 1.82) is 0 Å². The second-order valence-electron chi connectivity index (χ2n) is 5.75. The average Bonchev–Trinajstić information content (AvgIpc) is 2.00. The molecule has 2 nitrogen and oxygen atoms in total. The summed E-state index contributed by atoms with van der Waals surface area (Å²) in [5.74, 6) is 0.638. The fourth-order valence-corrected chi connectivity index (χ4v) is 1.87. The summed E-state index contributed by atoms with van der Waals surface area (Å²) in [6.45, 7) is 11.6. The lowest BCUT2D eigenvalue weighted by molar-refractivity contribution is -0.145. The first-order valence-corrected chi connectivity index (χ1v) is 6.12. The van der Waals surface area contributed by atoms with E-state index < -0.39 is 6.29 Å². The van der Waals surface area contributed by atoms with Gasteiger partial charge in [-0.15, -0.1) is 0 Å². The number of rotatable bonds is 7. The molecule has 15 heavy (non-hydrogen) atoms. The molecule has 2 atom stereocenters. The van der Waals surface area contributed by atoms with Crippen molar-refractivity contribution in [2.45, 2.75) is 66.6 Å². The highest BCUT2D eigenvalue weighted by molar-refractivity contribution is 4.66. The van der Waals surface area contributed by atoms with E-state index in [0.29, 0.717) is 24.4 Å². The van der Waals surface area contributed by atoms with Crippen molar-refractivity contribution < 1.29 is 9.84 Å². The van der Waals surface area contributed by atoms with Crippen molar-refractivity contribution in [1.82, 2.24) is 0 Å². The van der Waals surface area contributed by atoms with Crippen LogP contribution >= 0.6 is 0 Å². The first-order valence-electron chi connectivity index (χ1n) is 6.12. The van der Waals surface area contributed by atoms with E-state index in [-0.39, 0.29) is 0 Å². The summed E-state index contributed by atoms with van der Waals surface area (Å²) in [6.07, 6.45) is 2.92. The molecule has 0 saturated carbocycles. The van der Waals surface area contributed by atoms with E-state index in [1.807, 2.05) is 6.92 Å². The Bertz CT molecular complexity index is 149. The highest BCUT2D eigenvalue weighted by Crippen LogP contribution is 2.25. The van der Waals surface area contributed by atoms with Gasteiger partial charge in [0, 0.05) is 6.42 Å². The minimum Gasteiger partial charge on any atom is -0.350 e. The SMILES string of the molecule is CCCC([O])OCCC(C)CC(C)(C)C. The molecular weight excluding hydrogens is 188 g/mol. The van der Waals surface area contributed by atoms with Crippen molar-refractivity contribution in [3.63, 3.8) is 0 Å². The maximum absolute atomic E-state index is 11.2. The van der Waals surface area contributed by atoms with Crippen LogP contribution in [0.15, 0.2) is 0 Å². The molecule has 0 spiro atoms. The van der Waals surface area contributed by atoms with E-state index in [4.69, 9.17) is 4.74 Å². The number of ether oxygens (including phenoxy) is 1. The van der Waals surface area contributed by atoms with Crippen LogP contribution in [0.5, 0.6) is 0 Å². The van der Waals surface area contributed by atoms with Gasteiger partial charge in [0.2, 0.25) is 0 Å². The van der Waals surface area contributed by atoms with Gasteiger partial charge in [0.25, 0.3) is 0 Å². The van der Waals surface area contributed by atoms with Gasteiger partial charge in [0.05, 0.1) is 6.61 Å². The quantitative estimate of drug-likeness (QED) is 0.590. The Morgan fingerprint density at radius 1 is 1.20 bits per heavy atom. The predicted molar refractivity (Wildman–Crippen MR) is 63.2 cm³/mol. The molecule has 2 heteroatoms. The zero-order valence-electron chi connectivity index (χ0n) is 11.0. The summed E-state index contributed by atoms with van der Waals surface area (Å²) < 4.78 is 5.21. The van der Waals surface area contributed by atoms with E-state index in [2.05, 4.69) is 27.7 Å². The normalized spacial score (nSPS) is 16.4. The smallest absolute Gasteiger partial charge is 0.191 e. The van der Waals surface area contributed by atoms with Crippen molar-refractivity contribution in [2.24, 2.45) is 11.3 Å². The summed E-state index contributed by atoms with van der Waals surface area (Å²) in [5.41, 5.74) is 0.375. The molecule has 0 N–H and O–H groups in total. The lowest BCUT2D eigenvalue weighted by atomic mass is 9.84. The molecule has 2 unspecified atom stereocenters. The second kappa shape index (κ2) is 7.24. The summed E-state index contributed by atoms with van der Waals surface area (Å²) in [7, 11) is 0. The van der Waals surface area contributed by atoms with Crippen molar-refractivity contribution >= 4 is 0 Å². The Balaban J connectivity index is 3.50. The number of hydrogen-bond acceptors (Lipinski definition) is 1. The third-order valence-corrected chi connectivity index (χ3v) is 2.40. The van der Waals surface area contributed by atoms with Gasteiger partial charge in [-0.3, -0.25) is 0 Å². The van der Waals surface area contributed by atoms with E-state index in [1.165, 1.54) is 6.42 Å². The lowest BCUT2D eigenvalue weighted by Gasteiger charge is -2.23. The zero-order chi connectivity index (χ0) is 11.9. The van der Waals surface area contributed by atoms with Gasteiger partial charge in [-0.05, 0) is 24.2 Å². The minimum absolute atomic E-state index is 0.375. The van der Waals surface area contributed by atoms with Crippen LogP contribution in [0.3, 0.4) is 0 Å². The molecule has 0 saturated heterocycles. The first kappa shape index (κ1) is 14.9. The van der Waals surface area contributed by atoms with Crippen molar-refractivity contribution in [2.75, 3.05) is 6.61 Å². The highest BCUT2D eigenvalue weighted by Gasteiger charge is 2.15. The summed E-state index contributed by atoms with van der Waals surface area (Å²) in [6, 6.07) is 0. The van der Waals surface area contributed by atoms with E-state index in [0.717, 1.165) is 12.8 Å².